The van der Waals surface area contributed by atoms with E-state index in [0.29, 0.717) is 17.9 Å². The molecular formula is C19H20F4N4O5. The summed E-state index contributed by atoms with van der Waals surface area (Å²) in [5.74, 6) is -4.10. The second kappa shape index (κ2) is 10.7. The molecule has 13 heteroatoms. The number of halogens is 4. The maximum Gasteiger partial charge on any atom is 0.490 e. The quantitative estimate of drug-likeness (QED) is 0.436. The van der Waals surface area contributed by atoms with Crippen LogP contribution < -0.4 is 16.2 Å². The van der Waals surface area contributed by atoms with E-state index < -0.39 is 29.4 Å². The average Bonchev–Trinajstić information content (AvgIpc) is 2.75. The molecule has 32 heavy (non-hydrogen) atoms. The molecule has 0 aliphatic carbocycles. The lowest BCUT2D eigenvalue weighted by molar-refractivity contribution is -0.192. The number of carbonyl (C=O) groups is 2. The molecule has 1 saturated heterocycles. The number of aromatic nitrogens is 2. The highest BCUT2D eigenvalue weighted by Gasteiger charge is 2.38. The first-order valence-corrected chi connectivity index (χ1v) is 9.35. The summed E-state index contributed by atoms with van der Waals surface area (Å²) in [5.41, 5.74) is -0.343. The number of aromatic hydroxyl groups is 1. The molecule has 9 nitrogen and oxygen atoms in total. The number of carbonyl (C=O) groups excluding carboxylic acids is 1. The van der Waals surface area contributed by atoms with Gasteiger partial charge in [-0.05, 0) is 37.1 Å². The van der Waals surface area contributed by atoms with Gasteiger partial charge in [0.1, 0.15) is 11.6 Å². The van der Waals surface area contributed by atoms with Gasteiger partial charge in [-0.2, -0.15) is 13.2 Å². The van der Waals surface area contributed by atoms with Crippen molar-refractivity contribution in [3.05, 3.63) is 57.5 Å². The van der Waals surface area contributed by atoms with Crippen LogP contribution in [0.15, 0.2) is 29.1 Å². The number of aromatic amines is 1. The molecule has 2 heterocycles. The van der Waals surface area contributed by atoms with Gasteiger partial charge in [-0.25, -0.2) is 14.2 Å². The SMILES string of the molecule is O=C(NCc1ccc(F)cc1)c1nc(C2CCCNC2)[nH]c(=O)c1O.O=C(O)C(F)(F)F. The third-order valence-electron chi connectivity index (χ3n) is 4.42. The van der Waals surface area contributed by atoms with Gasteiger partial charge < -0.3 is 25.8 Å². The largest absolute Gasteiger partial charge is 0.501 e. The van der Waals surface area contributed by atoms with Crippen molar-refractivity contribution in [1.29, 1.82) is 0 Å². The van der Waals surface area contributed by atoms with Crippen LogP contribution >= 0.6 is 0 Å². The summed E-state index contributed by atoms with van der Waals surface area (Å²) in [5, 5.41) is 22.8. The van der Waals surface area contributed by atoms with Crippen molar-refractivity contribution in [2.45, 2.75) is 31.5 Å². The Labute approximate surface area is 178 Å². The molecule has 0 spiro atoms. The zero-order valence-corrected chi connectivity index (χ0v) is 16.5. The minimum Gasteiger partial charge on any atom is -0.501 e. The first kappa shape index (κ1) is 24.8. The number of hydrogen-bond acceptors (Lipinski definition) is 6. The summed E-state index contributed by atoms with van der Waals surface area (Å²) < 4.78 is 44.6. The third-order valence-corrected chi connectivity index (χ3v) is 4.42. The second-order valence-electron chi connectivity index (χ2n) is 6.80. The van der Waals surface area contributed by atoms with Gasteiger partial charge in [-0.15, -0.1) is 0 Å². The normalized spacial score (nSPS) is 15.9. The average molecular weight is 460 g/mol. The molecule has 174 valence electrons. The maximum atomic E-state index is 12.9. The van der Waals surface area contributed by atoms with Gasteiger partial charge in [0, 0.05) is 19.0 Å². The van der Waals surface area contributed by atoms with Crippen LogP contribution in [-0.4, -0.2) is 51.3 Å². The number of nitrogens with zero attached hydrogens (tertiary/aromatic N) is 1. The van der Waals surface area contributed by atoms with E-state index in [-0.39, 0.29) is 24.0 Å². The number of alkyl halides is 3. The van der Waals surface area contributed by atoms with E-state index in [2.05, 4.69) is 20.6 Å². The van der Waals surface area contributed by atoms with Gasteiger partial charge in [0.05, 0.1) is 0 Å². The highest BCUT2D eigenvalue weighted by atomic mass is 19.4. The summed E-state index contributed by atoms with van der Waals surface area (Å²) >= 11 is 0. The lowest BCUT2D eigenvalue weighted by Crippen LogP contribution is -2.32. The molecule has 2 aromatic rings. The van der Waals surface area contributed by atoms with Crippen molar-refractivity contribution in [1.82, 2.24) is 20.6 Å². The van der Waals surface area contributed by atoms with Crippen LogP contribution in [-0.2, 0) is 11.3 Å². The van der Waals surface area contributed by atoms with Crippen molar-refractivity contribution in [3.63, 3.8) is 0 Å². The van der Waals surface area contributed by atoms with E-state index in [1.54, 1.807) is 12.1 Å². The van der Waals surface area contributed by atoms with Crippen LogP contribution in [0.25, 0.3) is 0 Å². The van der Waals surface area contributed by atoms with Gasteiger partial charge >= 0.3 is 12.1 Å². The minimum absolute atomic E-state index is 0.00861. The lowest BCUT2D eigenvalue weighted by Gasteiger charge is -2.22. The Bertz CT molecular complexity index is 1000. The number of H-pyrrole nitrogens is 1. The molecule has 5 N–H and O–H groups in total. The van der Waals surface area contributed by atoms with Crippen LogP contribution in [0.1, 0.15) is 40.6 Å². The molecule has 1 aliphatic rings. The molecular weight excluding hydrogens is 440 g/mol. The highest BCUT2D eigenvalue weighted by molar-refractivity contribution is 5.94. The van der Waals surface area contributed by atoms with Gasteiger partial charge in [-0.1, -0.05) is 12.1 Å². The number of aliphatic carboxylic acids is 1. The minimum atomic E-state index is -5.08. The van der Waals surface area contributed by atoms with E-state index in [1.165, 1.54) is 12.1 Å². The van der Waals surface area contributed by atoms with Crippen molar-refractivity contribution < 1.29 is 37.4 Å². The number of carboxylic acid groups (broad SMARTS) is 1. The molecule has 1 aromatic carbocycles. The van der Waals surface area contributed by atoms with Crippen LogP contribution in [0.4, 0.5) is 17.6 Å². The Balaban J connectivity index is 0.000000451. The Morgan fingerprint density at radius 3 is 2.38 bits per heavy atom. The van der Waals surface area contributed by atoms with Crippen molar-refractivity contribution in [2.75, 3.05) is 13.1 Å². The highest BCUT2D eigenvalue weighted by Crippen LogP contribution is 2.21. The second-order valence-corrected chi connectivity index (χ2v) is 6.80. The van der Waals surface area contributed by atoms with Crippen LogP contribution in [0, 0.1) is 5.82 Å². The van der Waals surface area contributed by atoms with Crippen molar-refractivity contribution in [3.8, 4) is 5.75 Å². The predicted octanol–water partition coefficient (Wildman–Crippen LogP) is 1.64. The summed E-state index contributed by atoms with van der Waals surface area (Å²) in [7, 11) is 0. The molecule has 1 amide bonds. The molecule has 3 rings (SSSR count). The number of nitrogens with one attached hydrogen (secondary N) is 3. The van der Waals surface area contributed by atoms with E-state index in [4.69, 9.17) is 9.90 Å². The molecule has 1 atom stereocenters. The zero-order chi connectivity index (χ0) is 23.9. The van der Waals surface area contributed by atoms with Crippen molar-refractivity contribution in [2.24, 2.45) is 0 Å². The van der Waals surface area contributed by atoms with Gasteiger partial charge in [0.25, 0.3) is 11.5 Å². The molecule has 1 aromatic heterocycles. The smallest absolute Gasteiger partial charge is 0.490 e. The fraction of sp³-hybridized carbons (Fsp3) is 0.368. The molecule has 0 radical (unpaired) electrons. The molecule has 1 unspecified atom stereocenters. The molecule has 0 saturated carbocycles. The van der Waals surface area contributed by atoms with Crippen LogP contribution in [0.2, 0.25) is 0 Å². The van der Waals surface area contributed by atoms with Gasteiger partial charge in [0.15, 0.2) is 5.69 Å². The monoisotopic (exact) mass is 460 g/mol. The van der Waals surface area contributed by atoms with Gasteiger partial charge in [0.2, 0.25) is 5.75 Å². The Hall–Kier alpha value is -3.48. The number of amides is 1. The van der Waals surface area contributed by atoms with Gasteiger partial charge in [-0.3, -0.25) is 9.59 Å². The molecule has 1 fully saturated rings. The Morgan fingerprint density at radius 2 is 1.84 bits per heavy atom. The predicted molar refractivity (Wildman–Crippen MR) is 103 cm³/mol. The van der Waals surface area contributed by atoms with Crippen molar-refractivity contribution >= 4 is 11.9 Å². The number of hydrogen-bond donors (Lipinski definition) is 5. The Morgan fingerprint density at radius 1 is 1.22 bits per heavy atom. The van der Waals surface area contributed by atoms with Crippen LogP contribution in [0.5, 0.6) is 5.75 Å². The molecule has 0 bridgehead atoms. The zero-order valence-electron chi connectivity index (χ0n) is 16.5. The number of benzene rings is 1. The fourth-order valence-corrected chi connectivity index (χ4v) is 2.79. The number of piperidine rings is 1. The molecule has 1 aliphatic heterocycles. The summed E-state index contributed by atoms with van der Waals surface area (Å²) in [6.07, 6.45) is -3.29. The van der Waals surface area contributed by atoms with Crippen LogP contribution in [0.3, 0.4) is 0 Å². The van der Waals surface area contributed by atoms with E-state index in [1.807, 2.05) is 0 Å². The first-order chi connectivity index (χ1) is 15.0. The van der Waals surface area contributed by atoms with E-state index >= 15 is 0 Å². The summed E-state index contributed by atoms with van der Waals surface area (Å²) in [6.45, 7) is 1.70. The number of rotatable bonds is 4. The topological polar surface area (TPSA) is 144 Å². The van der Waals surface area contributed by atoms with E-state index in [0.717, 1.165) is 19.4 Å². The summed E-state index contributed by atoms with van der Waals surface area (Å²) in [6, 6.07) is 5.66. The third kappa shape index (κ3) is 7.04. The fourth-order valence-electron chi connectivity index (χ4n) is 2.79. The Kier molecular flexibility index (Phi) is 8.29. The summed E-state index contributed by atoms with van der Waals surface area (Å²) in [4.78, 5) is 39.9. The number of carboxylic acids is 1. The maximum absolute atomic E-state index is 12.9. The standard InChI is InChI=1S/C17H19FN4O3.C2HF3O2/c18-12-5-3-10(4-6-12)8-20-16(24)13-14(23)17(25)22-15(21-13)11-2-1-7-19-9-11;3-2(4,5)1(6)7/h3-6,11,19,23H,1-2,7-9H2,(H,20,24)(H,21,22,25);(H,6,7). The van der Waals surface area contributed by atoms with E-state index in [9.17, 15) is 32.3 Å². The lowest BCUT2D eigenvalue weighted by atomic mass is 9.99. The first-order valence-electron chi connectivity index (χ1n) is 9.35.